The van der Waals surface area contributed by atoms with Gasteiger partial charge in [-0.3, -0.25) is 9.63 Å². The van der Waals surface area contributed by atoms with Gasteiger partial charge in [0.25, 0.3) is 5.91 Å². The van der Waals surface area contributed by atoms with E-state index in [0.29, 0.717) is 18.1 Å². The second-order valence-corrected chi connectivity index (χ2v) is 12.4. The first-order valence-corrected chi connectivity index (χ1v) is 13.9. The summed E-state index contributed by atoms with van der Waals surface area (Å²) < 4.78 is 17.6. The lowest BCUT2D eigenvalue weighted by molar-refractivity contribution is -0.230. The summed E-state index contributed by atoms with van der Waals surface area (Å²) in [5.41, 5.74) is 1.74. The van der Waals surface area contributed by atoms with E-state index in [4.69, 9.17) is 23.9 Å². The van der Waals surface area contributed by atoms with Crippen LogP contribution in [0.1, 0.15) is 79.1 Å². The highest BCUT2D eigenvalue weighted by atomic mass is 16.7. The van der Waals surface area contributed by atoms with E-state index in [9.17, 15) is 4.79 Å². The monoisotopic (exact) mass is 536 g/mol. The molecule has 3 aliphatic rings. The SMILES string of the molecule is C=C(N[C@H](C(=O)N1OC2(CCC2)C[C@H]1c1ncc(-c2ccc(B3OC(C)(C)C(C)(C)O3)cc2)[nH]1)C(C)C)OC. The molecule has 0 radical (unpaired) electrons. The molecular formula is C29H41BN4O5. The fourth-order valence-electron chi connectivity index (χ4n) is 5.35. The molecule has 210 valence electrons. The van der Waals surface area contributed by atoms with Crippen LogP contribution in [-0.4, -0.2) is 58.0 Å². The highest BCUT2D eigenvalue weighted by Crippen LogP contribution is 2.50. The van der Waals surface area contributed by atoms with Crippen molar-refractivity contribution in [3.63, 3.8) is 0 Å². The maximum absolute atomic E-state index is 13.8. The van der Waals surface area contributed by atoms with E-state index in [1.807, 2.05) is 44.3 Å². The molecule has 39 heavy (non-hydrogen) atoms. The van der Waals surface area contributed by atoms with Gasteiger partial charge in [0.1, 0.15) is 17.9 Å². The van der Waals surface area contributed by atoms with Crippen molar-refractivity contribution in [2.24, 2.45) is 5.92 Å². The van der Waals surface area contributed by atoms with E-state index < -0.39 is 13.2 Å². The lowest BCUT2D eigenvalue weighted by atomic mass is 9.77. The average Bonchev–Trinajstić information content (AvgIpc) is 3.56. The second-order valence-electron chi connectivity index (χ2n) is 12.4. The number of aromatic nitrogens is 2. The van der Waals surface area contributed by atoms with Gasteiger partial charge in [-0.05, 0) is 70.5 Å². The summed E-state index contributed by atoms with van der Waals surface area (Å²) in [5, 5.41) is 4.64. The zero-order valence-corrected chi connectivity index (χ0v) is 24.2. The molecule has 10 heteroatoms. The van der Waals surface area contributed by atoms with Crippen molar-refractivity contribution in [2.75, 3.05) is 7.11 Å². The van der Waals surface area contributed by atoms with Crippen LogP contribution in [0, 0.1) is 5.92 Å². The van der Waals surface area contributed by atoms with Crippen molar-refractivity contribution in [1.82, 2.24) is 20.3 Å². The number of hydroxylamine groups is 2. The van der Waals surface area contributed by atoms with E-state index in [0.717, 1.165) is 36.0 Å². The van der Waals surface area contributed by atoms with Gasteiger partial charge in [-0.15, -0.1) is 0 Å². The van der Waals surface area contributed by atoms with Crippen LogP contribution in [0.2, 0.25) is 0 Å². The Labute approximate surface area is 231 Å². The molecule has 3 heterocycles. The van der Waals surface area contributed by atoms with Crippen LogP contribution >= 0.6 is 0 Å². The molecule has 5 rings (SSSR count). The van der Waals surface area contributed by atoms with Crippen molar-refractivity contribution >= 4 is 18.5 Å². The number of H-pyrrole nitrogens is 1. The van der Waals surface area contributed by atoms with E-state index in [-0.39, 0.29) is 34.7 Å². The van der Waals surface area contributed by atoms with Gasteiger partial charge >= 0.3 is 7.12 Å². The summed E-state index contributed by atoms with van der Waals surface area (Å²) in [6.07, 6.45) is 5.50. The summed E-state index contributed by atoms with van der Waals surface area (Å²) in [7, 11) is 1.12. The quantitative estimate of drug-likeness (QED) is 0.385. The fraction of sp³-hybridized carbons (Fsp3) is 0.586. The van der Waals surface area contributed by atoms with Gasteiger partial charge in [-0.1, -0.05) is 38.1 Å². The number of benzene rings is 1. The van der Waals surface area contributed by atoms with E-state index in [2.05, 4.69) is 44.6 Å². The summed E-state index contributed by atoms with van der Waals surface area (Å²) >= 11 is 0. The first kappa shape index (κ1) is 27.7. The first-order valence-electron chi connectivity index (χ1n) is 13.9. The molecular weight excluding hydrogens is 495 g/mol. The zero-order valence-electron chi connectivity index (χ0n) is 24.2. The van der Waals surface area contributed by atoms with Crippen LogP contribution in [0.4, 0.5) is 0 Å². The van der Waals surface area contributed by atoms with Crippen LogP contribution < -0.4 is 10.8 Å². The minimum absolute atomic E-state index is 0.00115. The Kier molecular flexibility index (Phi) is 7.10. The van der Waals surface area contributed by atoms with Crippen LogP contribution in [0.15, 0.2) is 42.9 Å². The maximum atomic E-state index is 13.8. The second kappa shape index (κ2) is 9.98. The third-order valence-corrected chi connectivity index (χ3v) is 8.78. The number of hydrogen-bond acceptors (Lipinski definition) is 7. The summed E-state index contributed by atoms with van der Waals surface area (Å²) in [6, 6.07) is 7.28. The van der Waals surface area contributed by atoms with Crippen molar-refractivity contribution in [1.29, 1.82) is 0 Å². The molecule has 2 aromatic rings. The number of hydrogen-bond donors (Lipinski definition) is 2. The van der Waals surface area contributed by atoms with Gasteiger partial charge in [0.05, 0.1) is 35.8 Å². The molecule has 1 amide bonds. The van der Waals surface area contributed by atoms with Crippen molar-refractivity contribution in [3.8, 4) is 11.3 Å². The average molecular weight is 536 g/mol. The normalized spacial score (nSPS) is 23.6. The largest absolute Gasteiger partial charge is 0.494 e. The maximum Gasteiger partial charge on any atom is 0.494 e. The number of nitrogens with zero attached hydrogens (tertiary/aromatic N) is 2. The van der Waals surface area contributed by atoms with Crippen LogP contribution in [0.25, 0.3) is 11.3 Å². The Bertz CT molecular complexity index is 1200. The number of rotatable bonds is 8. The smallest absolute Gasteiger partial charge is 0.483 e. The van der Waals surface area contributed by atoms with E-state index in [1.54, 1.807) is 0 Å². The Morgan fingerprint density at radius 3 is 2.36 bits per heavy atom. The Morgan fingerprint density at radius 2 is 1.82 bits per heavy atom. The topological polar surface area (TPSA) is 97.9 Å². The van der Waals surface area contributed by atoms with Gasteiger partial charge in [0.15, 0.2) is 5.88 Å². The van der Waals surface area contributed by atoms with Gasteiger partial charge in [-0.25, -0.2) is 10.0 Å². The Morgan fingerprint density at radius 1 is 1.18 bits per heavy atom. The minimum Gasteiger partial charge on any atom is -0.483 e. The highest BCUT2D eigenvalue weighted by Gasteiger charge is 2.54. The van der Waals surface area contributed by atoms with Gasteiger partial charge < -0.3 is 24.3 Å². The number of ether oxygens (including phenoxy) is 1. The van der Waals surface area contributed by atoms with Gasteiger partial charge in [0.2, 0.25) is 0 Å². The number of methoxy groups -OCH3 is 1. The molecule has 9 nitrogen and oxygen atoms in total. The standard InChI is InChI=1S/C29H41BN4O5/c1-18(2)24(32-19(3)36-8)26(35)34-23(16-29(39-34)14-9-15-29)25-31-17-22(33-25)20-10-12-21(13-11-20)30-37-27(4,5)28(6,7)38-30/h10-13,17-18,23-24,32H,3,9,14-16H2,1-2,4-8H3,(H,31,33)/t23-,24-/m0/s1. The van der Waals surface area contributed by atoms with Crippen LogP contribution in [-0.2, 0) is 23.7 Å². The number of carbonyl (C=O) groups excluding carboxylic acids is 1. The lowest BCUT2D eigenvalue weighted by Gasteiger charge is -2.37. The molecule has 2 atom stereocenters. The summed E-state index contributed by atoms with van der Waals surface area (Å²) in [5.74, 6) is 0.911. The van der Waals surface area contributed by atoms with Crippen molar-refractivity contribution in [2.45, 2.75) is 96.1 Å². The van der Waals surface area contributed by atoms with Crippen LogP contribution in [0.5, 0.6) is 0 Å². The number of carbonyl (C=O) groups is 1. The van der Waals surface area contributed by atoms with E-state index >= 15 is 0 Å². The Hall–Kier alpha value is -2.82. The van der Waals surface area contributed by atoms with Crippen molar-refractivity contribution < 1.29 is 23.7 Å². The number of nitrogens with one attached hydrogen (secondary N) is 2. The molecule has 1 spiro atoms. The minimum atomic E-state index is -0.535. The lowest BCUT2D eigenvalue weighted by Crippen LogP contribution is -2.49. The third-order valence-electron chi connectivity index (χ3n) is 8.78. The third kappa shape index (κ3) is 5.10. The summed E-state index contributed by atoms with van der Waals surface area (Å²) in [6.45, 7) is 16.0. The molecule has 1 aromatic heterocycles. The molecule has 2 aliphatic heterocycles. The van der Waals surface area contributed by atoms with Crippen LogP contribution in [0.3, 0.4) is 0 Å². The number of aromatic amines is 1. The Balaban J connectivity index is 1.36. The predicted octanol–water partition coefficient (Wildman–Crippen LogP) is 4.24. The zero-order chi connectivity index (χ0) is 28.2. The number of amides is 1. The molecule has 1 aromatic carbocycles. The fourth-order valence-corrected chi connectivity index (χ4v) is 5.35. The number of imidazole rings is 1. The first-order chi connectivity index (χ1) is 18.3. The van der Waals surface area contributed by atoms with Gasteiger partial charge in [-0.2, -0.15) is 0 Å². The molecule has 0 bridgehead atoms. The molecule has 2 N–H and O–H groups in total. The molecule has 3 fully saturated rings. The van der Waals surface area contributed by atoms with E-state index in [1.165, 1.54) is 12.2 Å². The highest BCUT2D eigenvalue weighted by molar-refractivity contribution is 6.62. The molecule has 0 unspecified atom stereocenters. The molecule has 2 saturated heterocycles. The molecule has 1 aliphatic carbocycles. The van der Waals surface area contributed by atoms with Gasteiger partial charge in [0, 0.05) is 6.42 Å². The molecule has 1 saturated carbocycles. The summed E-state index contributed by atoms with van der Waals surface area (Å²) in [4.78, 5) is 28.3. The van der Waals surface area contributed by atoms with Crippen molar-refractivity contribution in [3.05, 3.63) is 48.7 Å². The predicted molar refractivity (Wildman–Crippen MR) is 150 cm³/mol.